The number of hydrogen-bond donors (Lipinski definition) is 0. The second-order valence-electron chi connectivity index (χ2n) is 3.95. The molecule has 0 nitrogen and oxygen atoms in total. The van der Waals surface area contributed by atoms with E-state index in [1.165, 1.54) is 0 Å². The molecule has 0 amide bonds. The van der Waals surface area contributed by atoms with E-state index < -0.39 is 0 Å². The van der Waals surface area contributed by atoms with Gasteiger partial charge in [0.1, 0.15) is 0 Å². The fourth-order valence-electron chi connectivity index (χ4n) is 0. The minimum absolute atomic E-state index is 0. The van der Waals surface area contributed by atoms with Crippen LogP contribution in [0.25, 0.3) is 0 Å². The van der Waals surface area contributed by atoms with Crippen LogP contribution >= 0.6 is 0 Å². The van der Waals surface area contributed by atoms with E-state index in [4.69, 9.17) is 0 Å². The summed E-state index contributed by atoms with van der Waals surface area (Å²) in [7, 11) is 0. The summed E-state index contributed by atoms with van der Waals surface area (Å²) < 4.78 is 0. The third-order valence-corrected chi connectivity index (χ3v) is 0. The SMILES string of the molecule is [CH2-]C(C)(C)C.[CH2-]C(C)C.[Mg+2]. The van der Waals surface area contributed by atoms with E-state index in [2.05, 4.69) is 48.5 Å². The Kier molecular flexibility index (Phi) is 13.4. The van der Waals surface area contributed by atoms with Crippen molar-refractivity contribution in [3.05, 3.63) is 13.8 Å². The van der Waals surface area contributed by atoms with Crippen LogP contribution in [-0.4, -0.2) is 23.1 Å². The Morgan fingerprint density at radius 2 is 1.10 bits per heavy atom. The van der Waals surface area contributed by atoms with Gasteiger partial charge < -0.3 is 13.8 Å². The van der Waals surface area contributed by atoms with Crippen molar-refractivity contribution in [1.82, 2.24) is 0 Å². The molecule has 0 unspecified atom stereocenters. The molecule has 1 heteroatoms. The van der Waals surface area contributed by atoms with Crippen LogP contribution in [0.3, 0.4) is 0 Å². The van der Waals surface area contributed by atoms with E-state index in [0.29, 0.717) is 5.92 Å². The summed E-state index contributed by atoms with van der Waals surface area (Å²) in [5.74, 6) is 0.583. The van der Waals surface area contributed by atoms with Gasteiger partial charge in [-0.2, -0.15) is 11.3 Å². The molecule has 58 valence electrons. The summed E-state index contributed by atoms with van der Waals surface area (Å²) in [4.78, 5) is 0. The van der Waals surface area contributed by atoms with E-state index in [0.717, 1.165) is 0 Å². The van der Waals surface area contributed by atoms with Gasteiger partial charge >= 0.3 is 23.1 Å². The van der Waals surface area contributed by atoms with E-state index >= 15 is 0 Å². The van der Waals surface area contributed by atoms with Gasteiger partial charge in [0.25, 0.3) is 0 Å². The Morgan fingerprint density at radius 1 is 1.10 bits per heavy atom. The maximum Gasteiger partial charge on any atom is 2.00 e. The molecular formula is C9H20Mg. The zero-order chi connectivity index (χ0) is 8.08. The van der Waals surface area contributed by atoms with Gasteiger partial charge in [0.2, 0.25) is 0 Å². The minimum Gasteiger partial charge on any atom is -0.341 e. The Hall–Kier alpha value is 0.766. The van der Waals surface area contributed by atoms with Gasteiger partial charge in [-0.05, 0) is 0 Å². The molecule has 0 aliphatic heterocycles. The van der Waals surface area contributed by atoms with Crippen LogP contribution in [0.1, 0.15) is 34.6 Å². The van der Waals surface area contributed by atoms with Crippen molar-refractivity contribution in [3.63, 3.8) is 0 Å². The van der Waals surface area contributed by atoms with Crippen molar-refractivity contribution in [1.29, 1.82) is 0 Å². The van der Waals surface area contributed by atoms with Crippen LogP contribution < -0.4 is 0 Å². The normalized spacial score (nSPS) is 9.60. The predicted octanol–water partition coefficient (Wildman–Crippen LogP) is 2.96. The van der Waals surface area contributed by atoms with Gasteiger partial charge in [0, 0.05) is 0 Å². The molecular weight excluding hydrogens is 132 g/mol. The zero-order valence-electron chi connectivity index (χ0n) is 8.20. The van der Waals surface area contributed by atoms with Crippen LogP contribution in [-0.2, 0) is 0 Å². The second kappa shape index (κ2) is 7.87. The van der Waals surface area contributed by atoms with Gasteiger partial charge in [-0.15, -0.1) is 0 Å². The van der Waals surface area contributed by atoms with Crippen molar-refractivity contribution in [3.8, 4) is 0 Å². The van der Waals surface area contributed by atoms with E-state index in [1.807, 2.05) is 0 Å². The molecule has 0 rings (SSSR count). The first-order chi connectivity index (χ1) is 3.73. The van der Waals surface area contributed by atoms with Crippen molar-refractivity contribution in [2.24, 2.45) is 11.3 Å². The van der Waals surface area contributed by atoms with E-state index in [9.17, 15) is 0 Å². The first-order valence-electron chi connectivity index (χ1n) is 3.42. The Morgan fingerprint density at radius 3 is 1.10 bits per heavy atom. The predicted molar refractivity (Wildman–Crippen MR) is 50.8 cm³/mol. The monoisotopic (exact) mass is 152 g/mol. The molecule has 0 atom stereocenters. The van der Waals surface area contributed by atoms with Gasteiger partial charge in [-0.3, -0.25) is 0 Å². The Labute approximate surface area is 82.9 Å². The fourth-order valence-corrected chi connectivity index (χ4v) is 0. The number of hydrogen-bond acceptors (Lipinski definition) is 0. The third-order valence-electron chi connectivity index (χ3n) is 0. The summed E-state index contributed by atoms with van der Waals surface area (Å²) in [6, 6.07) is 0. The standard InChI is InChI=1S/C5H11.C4H9.Mg/c1-5(2,3)4;1-4(2)3;/h1H2,2-4H3;4H,1H2,2-3H3;/q2*-1;+2. The molecule has 0 spiro atoms. The first kappa shape index (κ1) is 17.0. The number of rotatable bonds is 0. The second-order valence-corrected chi connectivity index (χ2v) is 3.95. The van der Waals surface area contributed by atoms with Gasteiger partial charge in [-0.25, -0.2) is 0 Å². The molecule has 0 fully saturated rings. The third kappa shape index (κ3) is 901. The van der Waals surface area contributed by atoms with Crippen LogP contribution in [0.5, 0.6) is 0 Å². The van der Waals surface area contributed by atoms with Crippen molar-refractivity contribution in [2.75, 3.05) is 0 Å². The van der Waals surface area contributed by atoms with Crippen LogP contribution in [0.15, 0.2) is 0 Å². The molecule has 0 aromatic heterocycles. The largest absolute Gasteiger partial charge is 2.00 e. The molecule has 10 heavy (non-hydrogen) atoms. The molecule has 0 saturated heterocycles. The van der Waals surface area contributed by atoms with Crippen LogP contribution in [0.4, 0.5) is 0 Å². The van der Waals surface area contributed by atoms with E-state index in [1.54, 1.807) is 0 Å². The van der Waals surface area contributed by atoms with Crippen molar-refractivity contribution >= 4 is 23.1 Å². The first-order valence-corrected chi connectivity index (χ1v) is 3.42. The van der Waals surface area contributed by atoms with Gasteiger partial charge in [-0.1, -0.05) is 34.6 Å². The summed E-state index contributed by atoms with van der Waals surface area (Å²) in [5, 5.41) is 0. The molecule has 0 aliphatic rings. The van der Waals surface area contributed by atoms with Gasteiger partial charge in [0.15, 0.2) is 0 Å². The molecule has 0 aromatic rings. The Bertz CT molecular complexity index is 41.5. The molecule has 0 saturated carbocycles. The molecule has 0 aromatic carbocycles. The smallest absolute Gasteiger partial charge is 0.341 e. The van der Waals surface area contributed by atoms with Crippen LogP contribution in [0, 0.1) is 25.2 Å². The summed E-state index contributed by atoms with van der Waals surface area (Å²) in [6.07, 6.45) is 0. The van der Waals surface area contributed by atoms with Crippen molar-refractivity contribution in [2.45, 2.75) is 34.6 Å². The van der Waals surface area contributed by atoms with Crippen molar-refractivity contribution < 1.29 is 0 Å². The minimum atomic E-state index is 0. The maximum absolute atomic E-state index is 3.77. The topological polar surface area (TPSA) is 0 Å². The Balaban J connectivity index is -0.0000000910. The summed E-state index contributed by atoms with van der Waals surface area (Å²) in [5.41, 5.74) is 0.250. The molecule has 0 bridgehead atoms. The molecule has 0 heterocycles. The maximum atomic E-state index is 3.77. The average molecular weight is 153 g/mol. The molecule has 0 aliphatic carbocycles. The molecule has 0 N–H and O–H groups in total. The summed E-state index contributed by atoms with van der Waals surface area (Å²) in [6.45, 7) is 17.8. The van der Waals surface area contributed by atoms with Gasteiger partial charge in [0.05, 0.1) is 0 Å². The quantitative estimate of drug-likeness (QED) is 0.370. The van der Waals surface area contributed by atoms with Crippen LogP contribution in [0.2, 0.25) is 0 Å². The summed E-state index contributed by atoms with van der Waals surface area (Å²) >= 11 is 0. The average Bonchev–Trinajstić information content (AvgIpc) is 1.19. The molecule has 0 radical (unpaired) electrons. The zero-order valence-corrected chi connectivity index (χ0v) is 9.61. The fraction of sp³-hybridized carbons (Fsp3) is 0.778. The van der Waals surface area contributed by atoms with E-state index in [-0.39, 0.29) is 28.5 Å².